The lowest BCUT2D eigenvalue weighted by molar-refractivity contribution is -0.154. The second-order valence-electron chi connectivity index (χ2n) is 6.10. The maximum atomic E-state index is 12.3. The third-order valence-electron chi connectivity index (χ3n) is 4.35. The Morgan fingerprint density at radius 1 is 1.21 bits per heavy atom. The van der Waals surface area contributed by atoms with Crippen LogP contribution >= 0.6 is 0 Å². The molecular formula is C20H22N2O2. The number of imidazole rings is 1. The van der Waals surface area contributed by atoms with Crippen molar-refractivity contribution in [2.75, 3.05) is 0 Å². The van der Waals surface area contributed by atoms with E-state index in [0.29, 0.717) is 6.54 Å². The average molecular weight is 322 g/mol. The zero-order chi connectivity index (χ0) is 16.9. The SMILES string of the molecule is CCC(C)C(=O)OC(Cn1ccnc1)c1ccc2ccccc2c1. The molecule has 124 valence electrons. The highest BCUT2D eigenvalue weighted by Crippen LogP contribution is 2.25. The van der Waals surface area contributed by atoms with E-state index >= 15 is 0 Å². The van der Waals surface area contributed by atoms with Crippen molar-refractivity contribution in [2.45, 2.75) is 32.9 Å². The van der Waals surface area contributed by atoms with Crippen LogP contribution in [0.3, 0.4) is 0 Å². The lowest BCUT2D eigenvalue weighted by Gasteiger charge is -2.21. The van der Waals surface area contributed by atoms with Crippen LogP contribution in [0.15, 0.2) is 61.2 Å². The molecule has 24 heavy (non-hydrogen) atoms. The summed E-state index contributed by atoms with van der Waals surface area (Å²) in [7, 11) is 0. The predicted octanol–water partition coefficient (Wildman–Crippen LogP) is 4.37. The molecule has 2 atom stereocenters. The van der Waals surface area contributed by atoms with E-state index in [-0.39, 0.29) is 18.0 Å². The second kappa shape index (κ2) is 7.30. The second-order valence-corrected chi connectivity index (χ2v) is 6.10. The van der Waals surface area contributed by atoms with Gasteiger partial charge in [0.1, 0.15) is 6.10 Å². The zero-order valence-electron chi connectivity index (χ0n) is 14.1. The van der Waals surface area contributed by atoms with Crippen molar-refractivity contribution in [3.05, 3.63) is 66.7 Å². The van der Waals surface area contributed by atoms with Gasteiger partial charge in [-0.1, -0.05) is 50.2 Å². The summed E-state index contributed by atoms with van der Waals surface area (Å²) in [6.45, 7) is 4.45. The van der Waals surface area contributed by atoms with Gasteiger partial charge in [0, 0.05) is 12.4 Å². The Hall–Kier alpha value is -2.62. The molecule has 0 spiro atoms. The molecule has 0 bridgehead atoms. The summed E-state index contributed by atoms with van der Waals surface area (Å²) in [5.41, 5.74) is 0.999. The number of benzene rings is 2. The minimum absolute atomic E-state index is 0.101. The normalized spacial score (nSPS) is 13.6. The van der Waals surface area contributed by atoms with Crippen molar-refractivity contribution in [2.24, 2.45) is 5.92 Å². The van der Waals surface area contributed by atoms with Gasteiger partial charge in [-0.15, -0.1) is 0 Å². The molecular weight excluding hydrogens is 300 g/mol. The maximum absolute atomic E-state index is 12.3. The van der Waals surface area contributed by atoms with Gasteiger partial charge in [0.05, 0.1) is 18.8 Å². The van der Waals surface area contributed by atoms with E-state index in [0.717, 1.165) is 17.4 Å². The van der Waals surface area contributed by atoms with Crippen molar-refractivity contribution < 1.29 is 9.53 Å². The van der Waals surface area contributed by atoms with Crippen LogP contribution < -0.4 is 0 Å². The number of fused-ring (bicyclic) bond motifs is 1. The summed E-state index contributed by atoms with van der Waals surface area (Å²) in [4.78, 5) is 16.4. The third kappa shape index (κ3) is 3.65. The standard InChI is InChI=1S/C20H22N2O2/c1-3-15(2)20(23)24-19(13-22-11-10-21-14-22)18-9-8-16-6-4-5-7-17(16)12-18/h4-12,14-15,19H,3,13H2,1-2H3. The van der Waals surface area contributed by atoms with Crippen LogP contribution in [0.25, 0.3) is 10.8 Å². The number of nitrogens with zero attached hydrogens (tertiary/aromatic N) is 2. The Labute approximate surface area is 142 Å². The quantitative estimate of drug-likeness (QED) is 0.633. The van der Waals surface area contributed by atoms with E-state index in [1.807, 2.05) is 42.8 Å². The number of esters is 1. The lowest BCUT2D eigenvalue weighted by atomic mass is 10.0. The third-order valence-corrected chi connectivity index (χ3v) is 4.35. The summed E-state index contributed by atoms with van der Waals surface area (Å²) < 4.78 is 7.76. The maximum Gasteiger partial charge on any atom is 0.309 e. The van der Waals surface area contributed by atoms with Gasteiger partial charge in [0.15, 0.2) is 0 Å². The van der Waals surface area contributed by atoms with E-state index in [1.54, 1.807) is 12.5 Å². The van der Waals surface area contributed by atoms with E-state index < -0.39 is 0 Å². The first-order valence-electron chi connectivity index (χ1n) is 8.32. The first-order chi connectivity index (χ1) is 11.7. The molecule has 1 heterocycles. The van der Waals surface area contributed by atoms with Gasteiger partial charge in [0.25, 0.3) is 0 Å². The van der Waals surface area contributed by atoms with Crippen LogP contribution in [-0.4, -0.2) is 15.5 Å². The predicted molar refractivity (Wildman–Crippen MR) is 94.5 cm³/mol. The molecule has 4 nitrogen and oxygen atoms in total. The fraction of sp³-hybridized carbons (Fsp3) is 0.300. The summed E-state index contributed by atoms with van der Waals surface area (Å²) in [6.07, 6.45) is 5.80. The molecule has 0 amide bonds. The van der Waals surface area contributed by atoms with Gasteiger partial charge >= 0.3 is 5.97 Å². The molecule has 0 saturated heterocycles. The highest BCUT2D eigenvalue weighted by Gasteiger charge is 2.21. The molecule has 3 rings (SSSR count). The fourth-order valence-electron chi connectivity index (χ4n) is 2.63. The van der Waals surface area contributed by atoms with Crippen molar-refractivity contribution in [3.8, 4) is 0 Å². The topological polar surface area (TPSA) is 44.1 Å². The molecule has 0 aliphatic carbocycles. The monoisotopic (exact) mass is 322 g/mol. The van der Waals surface area contributed by atoms with Crippen LogP contribution in [0.4, 0.5) is 0 Å². The number of rotatable bonds is 6. The Bertz CT molecular complexity index is 811. The molecule has 0 N–H and O–H groups in total. The first kappa shape index (κ1) is 16.2. The highest BCUT2D eigenvalue weighted by atomic mass is 16.5. The largest absolute Gasteiger partial charge is 0.455 e. The van der Waals surface area contributed by atoms with Crippen molar-refractivity contribution in [1.29, 1.82) is 0 Å². The molecule has 0 aliphatic rings. The van der Waals surface area contributed by atoms with Crippen LogP contribution in [0.1, 0.15) is 31.9 Å². The van der Waals surface area contributed by atoms with Crippen LogP contribution in [0, 0.1) is 5.92 Å². The van der Waals surface area contributed by atoms with Crippen molar-refractivity contribution in [3.63, 3.8) is 0 Å². The van der Waals surface area contributed by atoms with E-state index in [2.05, 4.69) is 29.2 Å². The number of carbonyl (C=O) groups is 1. The number of hydrogen-bond donors (Lipinski definition) is 0. The van der Waals surface area contributed by atoms with Gasteiger partial charge < -0.3 is 9.30 Å². The molecule has 0 aliphatic heterocycles. The Kier molecular flexibility index (Phi) is 4.94. The van der Waals surface area contributed by atoms with E-state index in [9.17, 15) is 4.79 Å². The zero-order valence-corrected chi connectivity index (χ0v) is 14.1. The molecule has 3 aromatic rings. The van der Waals surface area contributed by atoms with Crippen LogP contribution in [0.5, 0.6) is 0 Å². The minimum Gasteiger partial charge on any atom is -0.455 e. The molecule has 0 fully saturated rings. The van der Waals surface area contributed by atoms with Gasteiger partial charge in [-0.3, -0.25) is 4.79 Å². The summed E-state index contributed by atoms with van der Waals surface area (Å²) in [6, 6.07) is 14.4. The molecule has 0 saturated carbocycles. The smallest absolute Gasteiger partial charge is 0.309 e. The van der Waals surface area contributed by atoms with Gasteiger partial charge in [-0.2, -0.15) is 0 Å². The van der Waals surface area contributed by atoms with Crippen molar-refractivity contribution >= 4 is 16.7 Å². The lowest BCUT2D eigenvalue weighted by Crippen LogP contribution is -2.20. The molecule has 1 aromatic heterocycles. The van der Waals surface area contributed by atoms with Gasteiger partial charge in [-0.25, -0.2) is 4.98 Å². The first-order valence-corrected chi connectivity index (χ1v) is 8.32. The highest BCUT2D eigenvalue weighted by molar-refractivity contribution is 5.83. The van der Waals surface area contributed by atoms with Crippen LogP contribution in [0.2, 0.25) is 0 Å². The Morgan fingerprint density at radius 2 is 2.00 bits per heavy atom. The van der Waals surface area contributed by atoms with Crippen molar-refractivity contribution in [1.82, 2.24) is 9.55 Å². The van der Waals surface area contributed by atoms with Gasteiger partial charge in [-0.05, 0) is 28.8 Å². The van der Waals surface area contributed by atoms with Crippen LogP contribution in [-0.2, 0) is 16.1 Å². The summed E-state index contributed by atoms with van der Waals surface area (Å²) >= 11 is 0. The number of ether oxygens (including phenoxy) is 1. The number of hydrogen-bond acceptors (Lipinski definition) is 3. The van der Waals surface area contributed by atoms with E-state index in [1.165, 1.54) is 5.39 Å². The Balaban J connectivity index is 1.90. The summed E-state index contributed by atoms with van der Waals surface area (Å²) in [5.74, 6) is -0.258. The average Bonchev–Trinajstić information content (AvgIpc) is 3.13. The summed E-state index contributed by atoms with van der Waals surface area (Å²) in [5, 5.41) is 2.32. The molecule has 4 heteroatoms. The van der Waals surface area contributed by atoms with Gasteiger partial charge in [0.2, 0.25) is 0 Å². The number of aromatic nitrogens is 2. The minimum atomic E-state index is -0.328. The molecule has 0 radical (unpaired) electrons. The molecule has 2 unspecified atom stereocenters. The Morgan fingerprint density at radius 3 is 2.71 bits per heavy atom. The number of carbonyl (C=O) groups excluding carboxylic acids is 1. The molecule has 2 aromatic carbocycles. The van der Waals surface area contributed by atoms with E-state index in [4.69, 9.17) is 4.74 Å². The fourth-order valence-corrected chi connectivity index (χ4v) is 2.63.